The fraction of sp³-hybridized carbons (Fsp3) is 0.435. The summed E-state index contributed by atoms with van der Waals surface area (Å²) in [6, 6.07) is 14.7. The maximum Gasteiger partial charge on any atom is 0.251 e. The number of amides is 1. The van der Waals surface area contributed by atoms with Gasteiger partial charge in [0.1, 0.15) is 0 Å². The van der Waals surface area contributed by atoms with Gasteiger partial charge in [0.15, 0.2) is 0 Å². The van der Waals surface area contributed by atoms with Crippen molar-refractivity contribution in [1.82, 2.24) is 5.32 Å². The van der Waals surface area contributed by atoms with Gasteiger partial charge in [0.2, 0.25) is 0 Å². The van der Waals surface area contributed by atoms with Crippen molar-refractivity contribution in [2.24, 2.45) is 0 Å². The number of hydrogen-bond donors (Lipinski definition) is 1. The minimum absolute atomic E-state index is 0.00863. The van der Waals surface area contributed by atoms with E-state index < -0.39 is 0 Å². The smallest absolute Gasteiger partial charge is 0.251 e. The Labute approximate surface area is 151 Å². The third-order valence-corrected chi connectivity index (χ3v) is 5.23. The summed E-state index contributed by atoms with van der Waals surface area (Å²) in [5, 5.41) is 3.14. The maximum absolute atomic E-state index is 12.6. The van der Waals surface area contributed by atoms with Crippen LogP contribution in [0.25, 0.3) is 0 Å². The monoisotopic (exact) mass is 335 g/mol. The van der Waals surface area contributed by atoms with Crippen LogP contribution in [0, 0.1) is 0 Å². The first-order valence-electron chi connectivity index (χ1n) is 9.38. The molecule has 0 spiro atoms. The SMILES string of the molecule is C[C@@H](NC(=O)c1ccc(C(C)(C)C)cc1)c1ccc2c(c1)CCCC2. The van der Waals surface area contributed by atoms with Crippen LogP contribution < -0.4 is 5.32 Å². The molecule has 0 heterocycles. The van der Waals surface area contributed by atoms with Gasteiger partial charge >= 0.3 is 0 Å². The van der Waals surface area contributed by atoms with Gasteiger partial charge in [-0.15, -0.1) is 0 Å². The molecule has 0 saturated heterocycles. The zero-order valence-electron chi connectivity index (χ0n) is 15.9. The second-order valence-corrected chi connectivity index (χ2v) is 8.26. The van der Waals surface area contributed by atoms with Crippen molar-refractivity contribution in [3.63, 3.8) is 0 Å². The van der Waals surface area contributed by atoms with Gasteiger partial charge in [-0.3, -0.25) is 4.79 Å². The number of carbonyl (C=O) groups is 1. The molecule has 1 atom stereocenters. The van der Waals surface area contributed by atoms with E-state index in [1.165, 1.54) is 41.5 Å². The lowest BCUT2D eigenvalue weighted by atomic mass is 9.86. The Morgan fingerprint density at radius 2 is 1.60 bits per heavy atom. The summed E-state index contributed by atoms with van der Waals surface area (Å²) in [6.45, 7) is 8.60. The molecule has 2 aromatic carbocycles. The van der Waals surface area contributed by atoms with Gasteiger partial charge in [0, 0.05) is 5.56 Å². The Kier molecular flexibility index (Phi) is 4.99. The third kappa shape index (κ3) is 4.12. The molecule has 0 saturated carbocycles. The van der Waals surface area contributed by atoms with E-state index >= 15 is 0 Å². The number of aryl methyl sites for hydroxylation is 2. The van der Waals surface area contributed by atoms with Gasteiger partial charge in [-0.1, -0.05) is 51.1 Å². The normalized spacial score (nSPS) is 15.4. The summed E-state index contributed by atoms with van der Waals surface area (Å²) in [4.78, 5) is 12.6. The molecule has 25 heavy (non-hydrogen) atoms. The highest BCUT2D eigenvalue weighted by molar-refractivity contribution is 5.94. The average molecular weight is 335 g/mol. The van der Waals surface area contributed by atoms with Crippen LogP contribution in [0.3, 0.4) is 0 Å². The number of benzene rings is 2. The van der Waals surface area contributed by atoms with Crippen LogP contribution in [-0.2, 0) is 18.3 Å². The molecule has 0 aliphatic heterocycles. The molecule has 132 valence electrons. The van der Waals surface area contributed by atoms with Crippen molar-refractivity contribution in [1.29, 1.82) is 0 Å². The minimum atomic E-state index is -0.00863. The Bertz CT molecular complexity index is 753. The average Bonchev–Trinajstić information content (AvgIpc) is 2.60. The molecule has 0 bridgehead atoms. The lowest BCUT2D eigenvalue weighted by Crippen LogP contribution is -2.27. The standard InChI is InChI=1S/C23H29NO/c1-16(19-10-9-17-7-5-6-8-20(17)15-19)24-22(25)18-11-13-21(14-12-18)23(2,3)4/h9-16H,5-8H2,1-4H3,(H,24,25)/t16-/m1/s1. The van der Waals surface area contributed by atoms with E-state index in [4.69, 9.17) is 0 Å². The number of nitrogens with one attached hydrogen (secondary N) is 1. The highest BCUT2D eigenvalue weighted by Crippen LogP contribution is 2.25. The number of hydrogen-bond acceptors (Lipinski definition) is 1. The largest absolute Gasteiger partial charge is 0.346 e. The van der Waals surface area contributed by atoms with Crippen LogP contribution in [0.5, 0.6) is 0 Å². The van der Waals surface area contributed by atoms with E-state index in [2.05, 4.69) is 63.3 Å². The van der Waals surface area contributed by atoms with Gasteiger partial charge in [-0.2, -0.15) is 0 Å². The van der Waals surface area contributed by atoms with Crippen LogP contribution in [0.4, 0.5) is 0 Å². The van der Waals surface area contributed by atoms with Crippen molar-refractivity contribution >= 4 is 5.91 Å². The second kappa shape index (κ2) is 7.03. The molecule has 0 radical (unpaired) electrons. The van der Waals surface area contributed by atoms with Crippen LogP contribution in [0.2, 0.25) is 0 Å². The first kappa shape index (κ1) is 17.7. The van der Waals surface area contributed by atoms with Crippen molar-refractivity contribution in [2.75, 3.05) is 0 Å². The maximum atomic E-state index is 12.6. The first-order valence-corrected chi connectivity index (χ1v) is 9.38. The summed E-state index contributed by atoms with van der Waals surface area (Å²) in [5.74, 6) is -0.00863. The molecular weight excluding hydrogens is 306 g/mol. The van der Waals surface area contributed by atoms with E-state index in [0.29, 0.717) is 0 Å². The molecule has 3 rings (SSSR count). The first-order chi connectivity index (χ1) is 11.8. The molecule has 0 fully saturated rings. The lowest BCUT2D eigenvalue weighted by Gasteiger charge is -2.21. The number of fused-ring (bicyclic) bond motifs is 1. The highest BCUT2D eigenvalue weighted by Gasteiger charge is 2.17. The zero-order valence-corrected chi connectivity index (χ0v) is 15.9. The molecule has 2 aromatic rings. The van der Waals surface area contributed by atoms with E-state index in [1.54, 1.807) is 0 Å². The predicted octanol–water partition coefficient (Wildman–Crippen LogP) is 5.35. The fourth-order valence-corrected chi connectivity index (χ4v) is 3.51. The van der Waals surface area contributed by atoms with Gasteiger partial charge < -0.3 is 5.32 Å². The van der Waals surface area contributed by atoms with E-state index in [0.717, 1.165) is 12.0 Å². The number of carbonyl (C=O) groups excluding carboxylic acids is 1. The van der Waals surface area contributed by atoms with E-state index in [9.17, 15) is 4.79 Å². The topological polar surface area (TPSA) is 29.1 Å². The van der Waals surface area contributed by atoms with Crippen molar-refractivity contribution in [3.05, 3.63) is 70.3 Å². The van der Waals surface area contributed by atoms with Crippen molar-refractivity contribution in [3.8, 4) is 0 Å². The van der Waals surface area contributed by atoms with Gasteiger partial charge in [-0.05, 0) is 72.4 Å². The Balaban J connectivity index is 1.70. The fourth-order valence-electron chi connectivity index (χ4n) is 3.51. The molecule has 1 N–H and O–H groups in total. The lowest BCUT2D eigenvalue weighted by molar-refractivity contribution is 0.0940. The van der Waals surface area contributed by atoms with Gasteiger partial charge in [0.05, 0.1) is 6.04 Å². The van der Waals surface area contributed by atoms with E-state index in [-0.39, 0.29) is 17.4 Å². The Morgan fingerprint density at radius 1 is 0.960 bits per heavy atom. The molecule has 0 unspecified atom stereocenters. The molecule has 2 heteroatoms. The zero-order chi connectivity index (χ0) is 18.0. The molecule has 1 aliphatic rings. The summed E-state index contributed by atoms with van der Waals surface area (Å²) in [5.41, 5.74) is 6.20. The molecule has 2 nitrogen and oxygen atoms in total. The predicted molar refractivity (Wildman–Crippen MR) is 104 cm³/mol. The van der Waals surface area contributed by atoms with Gasteiger partial charge in [-0.25, -0.2) is 0 Å². The Hall–Kier alpha value is -2.09. The summed E-state index contributed by atoms with van der Waals surface area (Å²) in [7, 11) is 0. The van der Waals surface area contributed by atoms with Crippen molar-refractivity contribution in [2.45, 2.75) is 64.8 Å². The van der Waals surface area contributed by atoms with Crippen LogP contribution >= 0.6 is 0 Å². The molecule has 1 amide bonds. The summed E-state index contributed by atoms with van der Waals surface area (Å²) < 4.78 is 0. The summed E-state index contributed by atoms with van der Waals surface area (Å²) >= 11 is 0. The van der Waals surface area contributed by atoms with Crippen LogP contribution in [0.15, 0.2) is 42.5 Å². The van der Waals surface area contributed by atoms with E-state index in [1.807, 2.05) is 12.1 Å². The molecule has 1 aliphatic carbocycles. The minimum Gasteiger partial charge on any atom is -0.346 e. The van der Waals surface area contributed by atoms with Crippen LogP contribution in [-0.4, -0.2) is 5.91 Å². The number of rotatable bonds is 3. The summed E-state index contributed by atoms with van der Waals surface area (Å²) in [6.07, 6.45) is 4.93. The van der Waals surface area contributed by atoms with Crippen LogP contribution in [0.1, 0.15) is 79.2 Å². The second-order valence-electron chi connectivity index (χ2n) is 8.26. The van der Waals surface area contributed by atoms with Gasteiger partial charge in [0.25, 0.3) is 5.91 Å². The molecular formula is C23H29NO. The molecule has 0 aromatic heterocycles. The third-order valence-electron chi connectivity index (χ3n) is 5.23. The highest BCUT2D eigenvalue weighted by atomic mass is 16.1. The van der Waals surface area contributed by atoms with Crippen molar-refractivity contribution < 1.29 is 4.79 Å². The quantitative estimate of drug-likeness (QED) is 0.804. The Morgan fingerprint density at radius 3 is 2.24 bits per heavy atom.